The molecule has 0 amide bonds. The maximum Gasteiger partial charge on any atom is 0.532 e. The first-order valence-electron chi connectivity index (χ1n) is 16.2. The van der Waals surface area contributed by atoms with Crippen molar-refractivity contribution in [2.75, 3.05) is 0 Å². The maximum atomic E-state index is 12.0. The lowest BCUT2D eigenvalue weighted by atomic mass is 11.0. The Hall–Kier alpha value is 0.487. The van der Waals surface area contributed by atoms with Crippen molar-refractivity contribution in [2.24, 2.45) is 0 Å². The van der Waals surface area contributed by atoms with Gasteiger partial charge >= 0.3 is 118 Å². The van der Waals surface area contributed by atoms with Gasteiger partial charge in [0.1, 0.15) is 0 Å². The zero-order valence-electron chi connectivity index (χ0n) is 33.2. The molecule has 292 valence electrons. The van der Waals surface area contributed by atoms with Crippen LogP contribution in [0, 0.1) is 0 Å². The predicted molar refractivity (Wildman–Crippen MR) is 215 cm³/mol. The number of rotatable bonds is 16. The summed E-state index contributed by atoms with van der Waals surface area (Å²) < 4.78 is 178. The minimum absolute atomic E-state index is 1.32. The Bertz CT molecular complexity index is 1290. The van der Waals surface area contributed by atoms with Crippen LogP contribution >= 0.6 is 0 Å². The van der Waals surface area contributed by atoms with Crippen LogP contribution in [0.2, 0.25) is 39.3 Å². The fourth-order valence-corrected chi connectivity index (χ4v) is 141. The molecule has 0 aliphatic heterocycles. The monoisotopic (exact) mass is 1000 g/mol. The van der Waals surface area contributed by atoms with Gasteiger partial charge in [-0.2, -0.15) is 0 Å². The highest BCUT2D eigenvalue weighted by Crippen LogP contribution is 2.02. The minimum Gasteiger partial charge on any atom is -0.578 e. The van der Waals surface area contributed by atoms with Crippen LogP contribution in [0.5, 0.6) is 0 Å². The second-order valence-electron chi connectivity index (χ2n) is 8.35. The quantitative estimate of drug-likeness (QED) is 0.194. The lowest BCUT2D eigenvalue weighted by Crippen LogP contribution is -2.53. The average molecular weight is 1010 g/mol. The van der Waals surface area contributed by atoms with E-state index >= 15 is 0 Å². The Morgan fingerprint density at radius 3 is 0.902 bits per heavy atom. The van der Waals surface area contributed by atoms with Gasteiger partial charge in [-0.3, -0.25) is 0 Å². The number of hydrogen-bond donors (Lipinski definition) is 0. The Morgan fingerprint density at radius 1 is 0.431 bits per heavy atom. The molecule has 0 fully saturated rings. The molecule has 0 aromatic carbocycles. The van der Waals surface area contributed by atoms with E-state index in [-0.39, 0.29) is 0 Å². The van der Waals surface area contributed by atoms with Crippen molar-refractivity contribution >= 4 is 135 Å². The molecule has 51 heavy (non-hydrogen) atoms. The van der Waals surface area contributed by atoms with Crippen LogP contribution in [-0.2, 0) is 71.0 Å². The lowest BCUT2D eigenvalue weighted by molar-refractivity contribution is 0.462. The SMILES string of the molecule is CC.CC.CC.CC.CC.CC.C[Si](=O)[Si](=O)[Si](=O)[Si](=O)[SiH](C)C.C[Si](C)(C)O[Si](=O)[Si](=O)[Si](=O)[Si](=O)[Si](=O)[Si](=O)[Si](=O)[Si](=O)[Si](=O)[Si](=O)[SiH]=O. The minimum atomic E-state index is -3.87. The second kappa shape index (κ2) is 43.2. The molecule has 0 rings (SSSR count). The molecule has 0 aromatic heterocycles. The van der Waals surface area contributed by atoms with Gasteiger partial charge in [-0.1, -0.05) is 96.2 Å². The average Bonchev–Trinajstić information content (AvgIpc) is 3.15. The molecule has 0 heterocycles. The van der Waals surface area contributed by atoms with Crippen molar-refractivity contribution in [1.29, 1.82) is 0 Å². The molecule has 16 nitrogen and oxygen atoms in total. The van der Waals surface area contributed by atoms with E-state index in [2.05, 4.69) is 0 Å². The van der Waals surface area contributed by atoms with Gasteiger partial charge in [-0.15, -0.1) is 0 Å². The van der Waals surface area contributed by atoms with Crippen molar-refractivity contribution in [3.05, 3.63) is 0 Å². The van der Waals surface area contributed by atoms with Gasteiger partial charge in [0.25, 0.3) is 0 Å². The molecule has 0 bridgehead atoms. The van der Waals surface area contributed by atoms with Crippen molar-refractivity contribution in [2.45, 2.75) is 122 Å². The van der Waals surface area contributed by atoms with Crippen LogP contribution in [0.3, 0.4) is 0 Å². The molecule has 0 radical (unpaired) electrons. The van der Waals surface area contributed by atoms with E-state index in [0.29, 0.717) is 0 Å². The standard InChI is InChI=1S/C3H10O12Si12.C3H10O4Si5.6C2H6/c1-27(2,3)15-17(5)19(7)21(9)23(11)25(13)26(14)24(12)22(10)20(8)18(6)16-4;1-8(2)10(5)12(7)11(6)9(3)4;6*1-2/h16H,1-3H3;8H,1-3H3;6*1-2H3. The fraction of sp³-hybridized carbons (Fsp3) is 1.00. The summed E-state index contributed by atoms with van der Waals surface area (Å²) in [5.41, 5.74) is 0. The lowest BCUT2D eigenvalue weighted by Gasteiger charge is -2.16. The van der Waals surface area contributed by atoms with Crippen molar-refractivity contribution in [1.82, 2.24) is 0 Å². The molecule has 0 saturated carbocycles. The highest BCUT2D eigenvalue weighted by Gasteiger charge is 2.52. The molecular weight excluding hydrogens is 950 g/mol. The van der Waals surface area contributed by atoms with Gasteiger partial charge in [0.2, 0.25) is 8.32 Å². The topological polar surface area (TPSA) is 265 Å². The molecule has 0 aliphatic carbocycles. The van der Waals surface area contributed by atoms with Crippen LogP contribution in [0.15, 0.2) is 0 Å². The summed E-state index contributed by atoms with van der Waals surface area (Å²) in [6.07, 6.45) is 0. The number of hydrogen-bond acceptors (Lipinski definition) is 16. The summed E-state index contributed by atoms with van der Waals surface area (Å²) in [5.74, 6) is 0. The summed E-state index contributed by atoms with van der Waals surface area (Å²) >= 11 is 0. The molecule has 0 aliphatic rings. The molecule has 0 saturated heterocycles. The van der Waals surface area contributed by atoms with E-state index in [1.807, 2.05) is 96.2 Å². The third-order valence-electron chi connectivity index (χ3n) is 3.63. The first-order valence-corrected chi connectivity index (χ1v) is 58.2. The smallest absolute Gasteiger partial charge is 0.532 e. The predicted octanol–water partition coefficient (Wildman–Crippen LogP) is 0.801. The van der Waals surface area contributed by atoms with Gasteiger partial charge in [0, 0.05) is 0 Å². The first kappa shape index (κ1) is 69.4. The second-order valence-corrected chi connectivity index (χ2v) is 85.0. The van der Waals surface area contributed by atoms with Crippen LogP contribution in [-0.4, -0.2) is 135 Å². The van der Waals surface area contributed by atoms with Gasteiger partial charge < -0.3 is 71.0 Å². The van der Waals surface area contributed by atoms with E-state index in [1.165, 1.54) is 6.55 Å². The van der Waals surface area contributed by atoms with Crippen molar-refractivity contribution in [3.8, 4) is 0 Å². The zero-order chi connectivity index (χ0) is 43.6. The third-order valence-corrected chi connectivity index (χ3v) is 110. The summed E-state index contributed by atoms with van der Waals surface area (Å²) in [6.45, 7) is 33.8. The summed E-state index contributed by atoms with van der Waals surface area (Å²) in [4.78, 5) is 0. The molecule has 0 unspecified atom stereocenters. The zero-order valence-corrected chi connectivity index (χ0v) is 50.5. The van der Waals surface area contributed by atoms with Crippen LogP contribution in [0.25, 0.3) is 0 Å². The maximum absolute atomic E-state index is 12.0. The van der Waals surface area contributed by atoms with E-state index in [0.717, 1.165) is 0 Å². The van der Waals surface area contributed by atoms with Gasteiger partial charge in [-0.25, -0.2) is 0 Å². The Labute approximate surface area is 325 Å². The summed E-state index contributed by atoms with van der Waals surface area (Å²) in [5, 5.41) is 0. The highest BCUT2D eigenvalue weighted by molar-refractivity contribution is 7.77. The molecule has 0 atom stereocenters. The highest BCUT2D eigenvalue weighted by atomic mass is 30.1. The Kier molecular flexibility index (Phi) is 58.8. The molecule has 0 spiro atoms. The van der Waals surface area contributed by atoms with Crippen LogP contribution < -0.4 is 0 Å². The van der Waals surface area contributed by atoms with E-state index < -0.39 is 135 Å². The van der Waals surface area contributed by atoms with E-state index in [4.69, 9.17) is 4.12 Å². The largest absolute Gasteiger partial charge is 0.578 e. The third kappa shape index (κ3) is 33.5. The van der Waals surface area contributed by atoms with Crippen LogP contribution in [0.1, 0.15) is 83.1 Å². The van der Waals surface area contributed by atoms with Crippen molar-refractivity contribution in [3.63, 3.8) is 0 Å². The molecular formula is C18H56O16Si17. The van der Waals surface area contributed by atoms with Gasteiger partial charge in [-0.05, 0) is 26.2 Å². The summed E-state index contributed by atoms with van der Waals surface area (Å²) in [6, 6.07) is 0. The Morgan fingerprint density at radius 2 is 0.686 bits per heavy atom. The molecule has 0 N–H and O–H groups in total. The summed E-state index contributed by atoms with van der Waals surface area (Å²) in [7, 11) is -51.7. The van der Waals surface area contributed by atoms with E-state index in [1.54, 1.807) is 19.6 Å². The fourth-order valence-electron chi connectivity index (χ4n) is 1.74. The van der Waals surface area contributed by atoms with Crippen molar-refractivity contribution < 1.29 is 71.0 Å². The van der Waals surface area contributed by atoms with E-state index in [9.17, 15) is 66.9 Å². The van der Waals surface area contributed by atoms with Gasteiger partial charge in [0.15, 0.2) is 0 Å². The first-order chi connectivity index (χ1) is 23.5. The van der Waals surface area contributed by atoms with Crippen LogP contribution in [0.4, 0.5) is 0 Å². The molecule has 0 aromatic rings. The van der Waals surface area contributed by atoms with Gasteiger partial charge in [0.05, 0.1) is 8.31 Å². The Balaban J connectivity index is -0.000000107. The molecule has 33 heteroatoms. The normalized spacial score (nSPS) is 8.37.